The Morgan fingerprint density at radius 1 is 1.31 bits per heavy atom. The zero-order valence-electron chi connectivity index (χ0n) is 11.5. The van der Waals surface area contributed by atoms with Crippen molar-refractivity contribution in [1.29, 1.82) is 0 Å². The molecule has 2 unspecified atom stereocenters. The van der Waals surface area contributed by atoms with Gasteiger partial charge in [-0.3, -0.25) is 4.90 Å². The van der Waals surface area contributed by atoms with Crippen molar-refractivity contribution in [1.82, 2.24) is 10.2 Å². The molecule has 1 fully saturated rings. The first kappa shape index (κ1) is 14.0. The van der Waals surface area contributed by atoms with Gasteiger partial charge in [0.2, 0.25) is 0 Å². The van der Waals surface area contributed by atoms with Crippen molar-refractivity contribution in [3.8, 4) is 0 Å². The van der Waals surface area contributed by atoms with Crippen LogP contribution in [0.25, 0.3) is 0 Å². The molecule has 96 valence electrons. The SMILES string of the molecule is CCC(C)CNCCN1CCCCC1CC. The first-order chi connectivity index (χ1) is 7.77. The van der Waals surface area contributed by atoms with Gasteiger partial charge in [-0.25, -0.2) is 0 Å². The summed E-state index contributed by atoms with van der Waals surface area (Å²) < 4.78 is 0. The number of nitrogens with zero attached hydrogens (tertiary/aromatic N) is 1. The molecule has 0 aromatic heterocycles. The zero-order chi connectivity index (χ0) is 11.8. The van der Waals surface area contributed by atoms with Gasteiger partial charge in [-0.05, 0) is 38.3 Å². The van der Waals surface area contributed by atoms with Gasteiger partial charge in [-0.15, -0.1) is 0 Å². The van der Waals surface area contributed by atoms with Crippen LogP contribution in [0, 0.1) is 5.92 Å². The lowest BCUT2D eigenvalue weighted by atomic mass is 10.0. The quantitative estimate of drug-likeness (QED) is 0.672. The second-order valence-electron chi connectivity index (χ2n) is 5.31. The number of piperidine rings is 1. The van der Waals surface area contributed by atoms with Crippen LogP contribution in [-0.4, -0.2) is 37.1 Å². The Morgan fingerprint density at radius 2 is 2.12 bits per heavy atom. The summed E-state index contributed by atoms with van der Waals surface area (Å²) in [4.78, 5) is 2.69. The highest BCUT2D eigenvalue weighted by Crippen LogP contribution is 2.18. The van der Waals surface area contributed by atoms with Gasteiger partial charge in [-0.2, -0.15) is 0 Å². The maximum atomic E-state index is 3.59. The lowest BCUT2D eigenvalue weighted by Gasteiger charge is -2.35. The zero-order valence-corrected chi connectivity index (χ0v) is 11.5. The minimum atomic E-state index is 0.823. The van der Waals surface area contributed by atoms with E-state index in [4.69, 9.17) is 0 Å². The fraction of sp³-hybridized carbons (Fsp3) is 1.00. The van der Waals surface area contributed by atoms with Crippen LogP contribution in [0.1, 0.15) is 52.9 Å². The van der Waals surface area contributed by atoms with Crippen LogP contribution in [0.3, 0.4) is 0 Å². The fourth-order valence-corrected chi connectivity index (χ4v) is 2.53. The van der Waals surface area contributed by atoms with Gasteiger partial charge in [0.05, 0.1) is 0 Å². The molecule has 1 saturated heterocycles. The molecular formula is C14H30N2. The van der Waals surface area contributed by atoms with E-state index in [1.165, 1.54) is 58.3 Å². The molecule has 0 aromatic carbocycles. The van der Waals surface area contributed by atoms with Crippen LogP contribution in [0.4, 0.5) is 0 Å². The minimum Gasteiger partial charge on any atom is -0.315 e. The second kappa shape index (κ2) is 8.08. The van der Waals surface area contributed by atoms with E-state index in [0.717, 1.165) is 12.0 Å². The first-order valence-corrected chi connectivity index (χ1v) is 7.22. The van der Waals surface area contributed by atoms with Gasteiger partial charge in [0, 0.05) is 19.1 Å². The van der Waals surface area contributed by atoms with Gasteiger partial charge >= 0.3 is 0 Å². The molecule has 1 rings (SSSR count). The van der Waals surface area contributed by atoms with E-state index in [9.17, 15) is 0 Å². The molecule has 0 aliphatic carbocycles. The van der Waals surface area contributed by atoms with Crippen molar-refractivity contribution in [2.45, 2.75) is 58.9 Å². The minimum absolute atomic E-state index is 0.823. The monoisotopic (exact) mass is 226 g/mol. The largest absolute Gasteiger partial charge is 0.315 e. The summed E-state index contributed by atoms with van der Waals surface area (Å²) in [7, 11) is 0. The smallest absolute Gasteiger partial charge is 0.0110 e. The van der Waals surface area contributed by atoms with Crippen molar-refractivity contribution >= 4 is 0 Å². The highest BCUT2D eigenvalue weighted by Gasteiger charge is 2.19. The number of hydrogen-bond donors (Lipinski definition) is 1. The number of rotatable bonds is 7. The van der Waals surface area contributed by atoms with Gasteiger partial charge < -0.3 is 5.32 Å². The fourth-order valence-electron chi connectivity index (χ4n) is 2.53. The van der Waals surface area contributed by atoms with Crippen LogP contribution in [0.5, 0.6) is 0 Å². The average molecular weight is 226 g/mol. The molecule has 16 heavy (non-hydrogen) atoms. The molecule has 2 nitrogen and oxygen atoms in total. The predicted molar refractivity (Wildman–Crippen MR) is 71.8 cm³/mol. The summed E-state index contributed by atoms with van der Waals surface area (Å²) >= 11 is 0. The first-order valence-electron chi connectivity index (χ1n) is 7.22. The maximum Gasteiger partial charge on any atom is 0.0110 e. The Morgan fingerprint density at radius 3 is 2.81 bits per heavy atom. The summed E-state index contributed by atoms with van der Waals surface area (Å²) in [6.07, 6.45) is 6.87. The van der Waals surface area contributed by atoms with Gasteiger partial charge in [-0.1, -0.05) is 33.6 Å². The summed E-state index contributed by atoms with van der Waals surface area (Å²) in [6.45, 7) is 11.8. The maximum absolute atomic E-state index is 3.59. The summed E-state index contributed by atoms with van der Waals surface area (Å²) in [6, 6.07) is 0.860. The van der Waals surface area contributed by atoms with Crippen molar-refractivity contribution < 1.29 is 0 Å². The van der Waals surface area contributed by atoms with E-state index in [1.807, 2.05) is 0 Å². The van der Waals surface area contributed by atoms with Gasteiger partial charge in [0.15, 0.2) is 0 Å². The Bertz CT molecular complexity index is 170. The molecule has 1 N–H and O–H groups in total. The highest BCUT2D eigenvalue weighted by molar-refractivity contribution is 4.76. The Balaban J connectivity index is 2.10. The van der Waals surface area contributed by atoms with E-state index >= 15 is 0 Å². The topological polar surface area (TPSA) is 15.3 Å². The molecule has 0 radical (unpaired) electrons. The van der Waals surface area contributed by atoms with Crippen LogP contribution < -0.4 is 5.32 Å². The van der Waals surface area contributed by atoms with Crippen molar-refractivity contribution in [2.24, 2.45) is 5.92 Å². The molecule has 1 aliphatic rings. The van der Waals surface area contributed by atoms with Crippen LogP contribution in [-0.2, 0) is 0 Å². The number of nitrogens with one attached hydrogen (secondary N) is 1. The molecule has 0 bridgehead atoms. The number of likely N-dealkylation sites (tertiary alicyclic amines) is 1. The summed E-state index contributed by atoms with van der Waals surface area (Å²) in [5.41, 5.74) is 0. The molecule has 1 aliphatic heterocycles. The lowest BCUT2D eigenvalue weighted by Crippen LogP contribution is -2.43. The van der Waals surface area contributed by atoms with Gasteiger partial charge in [0.1, 0.15) is 0 Å². The Hall–Kier alpha value is -0.0800. The number of hydrogen-bond acceptors (Lipinski definition) is 2. The van der Waals surface area contributed by atoms with Crippen LogP contribution >= 0.6 is 0 Å². The third-order valence-electron chi connectivity index (χ3n) is 3.99. The third kappa shape index (κ3) is 4.84. The summed E-state index contributed by atoms with van der Waals surface area (Å²) in [5, 5.41) is 3.59. The lowest BCUT2D eigenvalue weighted by molar-refractivity contribution is 0.144. The molecule has 0 amide bonds. The van der Waals surface area contributed by atoms with Crippen molar-refractivity contribution in [2.75, 3.05) is 26.2 Å². The third-order valence-corrected chi connectivity index (χ3v) is 3.99. The van der Waals surface area contributed by atoms with Crippen LogP contribution in [0.15, 0.2) is 0 Å². The Labute approximate surface area is 102 Å². The molecular weight excluding hydrogens is 196 g/mol. The second-order valence-corrected chi connectivity index (χ2v) is 5.31. The van der Waals surface area contributed by atoms with E-state index in [2.05, 4.69) is 31.0 Å². The molecule has 0 spiro atoms. The average Bonchev–Trinajstić information content (AvgIpc) is 2.34. The van der Waals surface area contributed by atoms with E-state index in [-0.39, 0.29) is 0 Å². The van der Waals surface area contributed by atoms with Crippen LogP contribution in [0.2, 0.25) is 0 Å². The Kier molecular flexibility index (Phi) is 7.06. The predicted octanol–water partition coefficient (Wildman–Crippen LogP) is 2.89. The normalized spacial score (nSPS) is 24.6. The van der Waals surface area contributed by atoms with Gasteiger partial charge in [0.25, 0.3) is 0 Å². The molecule has 0 saturated carbocycles. The van der Waals surface area contributed by atoms with Crippen molar-refractivity contribution in [3.05, 3.63) is 0 Å². The van der Waals surface area contributed by atoms with Crippen molar-refractivity contribution in [3.63, 3.8) is 0 Å². The standard InChI is InChI=1S/C14H30N2/c1-4-13(3)12-15-9-11-16-10-7-6-8-14(16)5-2/h13-15H,4-12H2,1-3H3. The van der Waals surface area contributed by atoms with E-state index in [1.54, 1.807) is 0 Å². The van der Waals surface area contributed by atoms with E-state index in [0.29, 0.717) is 0 Å². The highest BCUT2D eigenvalue weighted by atomic mass is 15.2. The summed E-state index contributed by atoms with van der Waals surface area (Å²) in [5.74, 6) is 0.823. The molecule has 1 heterocycles. The molecule has 2 heteroatoms. The molecule has 0 aromatic rings. The molecule has 2 atom stereocenters. The van der Waals surface area contributed by atoms with E-state index < -0.39 is 0 Å².